The summed E-state index contributed by atoms with van der Waals surface area (Å²) < 4.78 is 7.41. The van der Waals surface area contributed by atoms with Gasteiger partial charge in [-0.2, -0.15) is 0 Å². The molecule has 2 amide bonds. The fraction of sp³-hybridized carbons (Fsp3) is 0.200. The highest BCUT2D eigenvalue weighted by molar-refractivity contribution is 7.98. The largest absolute Gasteiger partial charge is 0.497 e. The number of amidine groups is 1. The Morgan fingerprint density at radius 3 is 2.10 bits per heavy atom. The van der Waals surface area contributed by atoms with Crippen LogP contribution in [0.15, 0.2) is 98.9 Å². The van der Waals surface area contributed by atoms with Gasteiger partial charge in [-0.3, -0.25) is 4.90 Å². The number of carbonyl (C=O) groups excluding carboxylic acids is 1. The minimum Gasteiger partial charge on any atom is -0.497 e. The highest BCUT2D eigenvalue weighted by Gasteiger charge is 2.55. The highest BCUT2D eigenvalue weighted by atomic mass is 32.2. The van der Waals surface area contributed by atoms with E-state index in [2.05, 4.69) is 48.0 Å². The molecule has 3 aromatic carbocycles. The summed E-state index contributed by atoms with van der Waals surface area (Å²) in [6.45, 7) is 0.949. The Morgan fingerprint density at radius 2 is 1.50 bits per heavy atom. The van der Waals surface area contributed by atoms with E-state index in [4.69, 9.17) is 19.7 Å². The van der Waals surface area contributed by atoms with Crippen molar-refractivity contribution in [3.05, 3.63) is 102 Å². The van der Waals surface area contributed by atoms with Crippen LogP contribution in [0.5, 0.6) is 5.75 Å². The average molecular weight is 569 g/mol. The Bertz CT molecular complexity index is 1600. The minimum atomic E-state index is -1.12. The first kappa shape index (κ1) is 26.2. The number of hydrogen-bond donors (Lipinski definition) is 1. The summed E-state index contributed by atoms with van der Waals surface area (Å²) in [5.41, 5.74) is 2.45. The van der Waals surface area contributed by atoms with Gasteiger partial charge in [0.15, 0.2) is 17.2 Å². The molecule has 3 heterocycles. The molecule has 1 N–H and O–H groups in total. The van der Waals surface area contributed by atoms with E-state index in [1.165, 1.54) is 16.1 Å². The number of ether oxygens (including phenoxy) is 1. The molecule has 2 aliphatic rings. The summed E-state index contributed by atoms with van der Waals surface area (Å²) in [6, 6.07) is 24.1. The van der Waals surface area contributed by atoms with Crippen molar-refractivity contribution in [3.8, 4) is 5.75 Å². The monoisotopic (exact) mass is 568 g/mol. The zero-order valence-electron chi connectivity index (χ0n) is 22.4. The molecule has 0 bridgehead atoms. The van der Waals surface area contributed by atoms with Crippen molar-refractivity contribution in [3.63, 3.8) is 0 Å². The Kier molecular flexibility index (Phi) is 7.12. The lowest BCUT2D eigenvalue weighted by atomic mass is 9.85. The van der Waals surface area contributed by atoms with Crippen molar-refractivity contribution in [2.45, 2.75) is 28.4 Å². The van der Waals surface area contributed by atoms with Crippen LogP contribution in [-0.4, -0.2) is 52.3 Å². The number of nitrogens with one attached hydrogen (secondary N) is 1. The number of amides is 2. The summed E-state index contributed by atoms with van der Waals surface area (Å²) in [5, 5.41) is 3.26. The molecule has 40 heavy (non-hydrogen) atoms. The van der Waals surface area contributed by atoms with Crippen molar-refractivity contribution >= 4 is 47.5 Å². The van der Waals surface area contributed by atoms with Gasteiger partial charge in [0.1, 0.15) is 17.8 Å². The molecule has 6 rings (SSSR count). The Balaban J connectivity index is 1.44. The Hall–Kier alpha value is -4.02. The lowest BCUT2D eigenvalue weighted by Crippen LogP contribution is -2.45. The second-order valence-electron chi connectivity index (χ2n) is 9.43. The second-order valence-corrected chi connectivity index (χ2v) is 11.2. The van der Waals surface area contributed by atoms with Crippen molar-refractivity contribution in [1.82, 2.24) is 19.8 Å². The molecule has 4 aromatic rings. The van der Waals surface area contributed by atoms with Gasteiger partial charge >= 0.3 is 6.03 Å². The smallest absolute Gasteiger partial charge is 0.324 e. The van der Waals surface area contributed by atoms with Crippen LogP contribution in [0, 0.1) is 0 Å². The van der Waals surface area contributed by atoms with Crippen LogP contribution < -0.4 is 10.1 Å². The van der Waals surface area contributed by atoms with Gasteiger partial charge in [0.2, 0.25) is 0 Å². The third-order valence-electron chi connectivity index (χ3n) is 7.19. The summed E-state index contributed by atoms with van der Waals surface area (Å²) >= 11 is 3.39. The quantitative estimate of drug-likeness (QED) is 0.267. The third-order valence-corrected chi connectivity index (χ3v) is 8.68. The molecule has 10 heteroatoms. The minimum absolute atomic E-state index is 0.244. The van der Waals surface area contributed by atoms with Gasteiger partial charge in [-0.25, -0.2) is 19.8 Å². The molecule has 0 saturated carbocycles. The van der Waals surface area contributed by atoms with Crippen LogP contribution in [0.1, 0.15) is 22.4 Å². The fourth-order valence-corrected chi connectivity index (χ4v) is 5.93. The summed E-state index contributed by atoms with van der Waals surface area (Å²) in [6.07, 6.45) is 7.42. The number of fused-ring (bicyclic) bond motifs is 3. The number of methoxy groups -OCH3 is 1. The van der Waals surface area contributed by atoms with Gasteiger partial charge in [0.25, 0.3) is 0 Å². The molecule has 202 valence electrons. The summed E-state index contributed by atoms with van der Waals surface area (Å²) in [4.78, 5) is 32.1. The first-order chi connectivity index (χ1) is 19.5. The number of hydrogen-bond acceptors (Lipinski definition) is 7. The number of carbonyl (C=O) groups is 1. The highest BCUT2D eigenvalue weighted by Crippen LogP contribution is 2.42. The van der Waals surface area contributed by atoms with Crippen molar-refractivity contribution in [2.24, 2.45) is 9.98 Å². The molecule has 1 saturated heterocycles. The molecular formula is C30H28N6O2S2. The Morgan fingerprint density at radius 1 is 0.875 bits per heavy atom. The third kappa shape index (κ3) is 4.56. The standard InChI is InChI=1S/C30H28N6O2S2/c1-38-23-10-8-22(9-11-23)30-26-27(35(19-33-26)16-20-4-12-24(39-2)13-5-20)31-18-32-28(30)36(29(37)34-30)17-21-6-14-25(40-3)15-7-21/h4-15,18-19H,16-17H2,1-3H3,(H,34,37). The lowest BCUT2D eigenvalue weighted by Gasteiger charge is -2.28. The topological polar surface area (TPSA) is 84.1 Å². The zero-order chi connectivity index (χ0) is 27.7. The van der Waals surface area contributed by atoms with E-state index in [0.29, 0.717) is 30.4 Å². The van der Waals surface area contributed by atoms with Gasteiger partial charge in [-0.15, -0.1) is 23.5 Å². The molecule has 1 atom stereocenters. The molecule has 2 aliphatic heterocycles. The summed E-state index contributed by atoms with van der Waals surface area (Å²) in [5.74, 6) is 1.90. The van der Waals surface area contributed by atoms with E-state index in [1.54, 1.807) is 41.9 Å². The van der Waals surface area contributed by atoms with Crippen LogP contribution in [-0.2, 0) is 18.6 Å². The predicted molar refractivity (Wildman–Crippen MR) is 161 cm³/mol. The average Bonchev–Trinajstić information content (AvgIpc) is 3.46. The SMILES string of the molecule is COc1ccc(C23NC(=O)N(Cc4ccc(SC)cc4)C2=NC=Nc2c3ncn2Cc2ccc(SC)cc2)cc1. The fourth-order valence-electron chi connectivity index (χ4n) is 5.11. The van der Waals surface area contributed by atoms with Gasteiger partial charge in [-0.05, 0) is 65.6 Å². The number of urea groups is 1. The number of thioether (sulfide) groups is 2. The van der Waals surface area contributed by atoms with E-state index in [1.807, 2.05) is 47.2 Å². The van der Waals surface area contributed by atoms with Gasteiger partial charge < -0.3 is 14.6 Å². The van der Waals surface area contributed by atoms with Crippen LogP contribution in [0.25, 0.3) is 0 Å². The maximum absolute atomic E-state index is 13.7. The number of rotatable bonds is 8. The molecule has 0 spiro atoms. The molecule has 1 unspecified atom stereocenters. The second kappa shape index (κ2) is 10.9. The maximum atomic E-state index is 13.7. The van der Waals surface area contributed by atoms with Gasteiger partial charge in [-0.1, -0.05) is 36.4 Å². The van der Waals surface area contributed by atoms with Crippen molar-refractivity contribution < 1.29 is 9.53 Å². The Labute approximate surface area is 241 Å². The predicted octanol–water partition coefficient (Wildman–Crippen LogP) is 5.92. The van der Waals surface area contributed by atoms with E-state index in [9.17, 15) is 4.79 Å². The first-order valence-corrected chi connectivity index (χ1v) is 15.2. The maximum Gasteiger partial charge on any atom is 0.324 e. The first-order valence-electron chi connectivity index (χ1n) is 12.7. The number of aliphatic imine (C=N–C) groups is 2. The number of aromatic nitrogens is 2. The van der Waals surface area contributed by atoms with Crippen LogP contribution in [0.3, 0.4) is 0 Å². The summed E-state index contributed by atoms with van der Waals surface area (Å²) in [7, 11) is 1.63. The van der Waals surface area contributed by atoms with Crippen LogP contribution >= 0.6 is 23.5 Å². The molecule has 1 aromatic heterocycles. The van der Waals surface area contributed by atoms with E-state index in [-0.39, 0.29) is 6.03 Å². The number of imidazole rings is 1. The number of nitrogens with zero attached hydrogens (tertiary/aromatic N) is 5. The molecule has 1 fully saturated rings. The van der Waals surface area contributed by atoms with Crippen LogP contribution in [0.2, 0.25) is 0 Å². The lowest BCUT2D eigenvalue weighted by molar-refractivity contribution is 0.225. The van der Waals surface area contributed by atoms with Gasteiger partial charge in [0.05, 0.1) is 26.5 Å². The zero-order valence-corrected chi connectivity index (χ0v) is 24.0. The van der Waals surface area contributed by atoms with Crippen LogP contribution in [0.4, 0.5) is 10.6 Å². The van der Waals surface area contributed by atoms with Crippen molar-refractivity contribution in [2.75, 3.05) is 19.6 Å². The molecule has 8 nitrogen and oxygen atoms in total. The van der Waals surface area contributed by atoms with Crippen molar-refractivity contribution in [1.29, 1.82) is 0 Å². The molecule has 0 radical (unpaired) electrons. The van der Waals surface area contributed by atoms with Gasteiger partial charge in [0, 0.05) is 9.79 Å². The normalized spacial score (nSPS) is 17.6. The number of benzene rings is 3. The molecule has 0 aliphatic carbocycles. The van der Waals surface area contributed by atoms with E-state index in [0.717, 1.165) is 22.4 Å². The molecular weight excluding hydrogens is 541 g/mol. The van der Waals surface area contributed by atoms with E-state index >= 15 is 0 Å². The van der Waals surface area contributed by atoms with E-state index < -0.39 is 5.54 Å².